The molecule has 1 aliphatic rings. The van der Waals surface area contributed by atoms with E-state index in [1.165, 1.54) is 12.0 Å². The zero-order valence-electron chi connectivity index (χ0n) is 19.9. The summed E-state index contributed by atoms with van der Waals surface area (Å²) in [7, 11) is 2.81. The zero-order chi connectivity index (χ0) is 25.4. The minimum Gasteiger partial charge on any atom is -0.507 e. The number of ketones is 1. The molecule has 2 heterocycles. The molecule has 9 heteroatoms. The van der Waals surface area contributed by atoms with Crippen LogP contribution >= 0.6 is 11.3 Å². The molecule has 1 N–H and O–H groups in total. The average Bonchev–Trinajstić information content (AvgIpc) is 3.35. The van der Waals surface area contributed by atoms with Gasteiger partial charge >= 0.3 is 11.9 Å². The van der Waals surface area contributed by atoms with Crippen LogP contribution in [0.5, 0.6) is 5.75 Å². The Bertz CT molecular complexity index is 1370. The van der Waals surface area contributed by atoms with Crippen molar-refractivity contribution in [3.05, 3.63) is 80.9 Å². The van der Waals surface area contributed by atoms with Gasteiger partial charge in [-0.1, -0.05) is 41.2 Å². The lowest BCUT2D eigenvalue weighted by Gasteiger charge is -2.23. The molecule has 35 heavy (non-hydrogen) atoms. The number of aryl methyl sites for hydroxylation is 3. The second-order valence-electron chi connectivity index (χ2n) is 8.17. The predicted octanol–water partition coefficient (Wildman–Crippen LogP) is 4.49. The fraction of sp³-hybridized carbons (Fsp3) is 0.231. The molecule has 0 saturated carbocycles. The van der Waals surface area contributed by atoms with E-state index in [0.717, 1.165) is 22.5 Å². The predicted molar refractivity (Wildman–Crippen MR) is 132 cm³/mol. The lowest BCUT2D eigenvalue weighted by atomic mass is 9.94. The molecule has 3 aromatic rings. The SMILES string of the molecule is COC(=O)c1sc(N2C(=O)C(=O)/C(=C(/O)c3ccc(OC)c(C)c3)C2c2ccc(C)cc2)nc1C. The van der Waals surface area contributed by atoms with Gasteiger partial charge in [-0.05, 0) is 50.1 Å². The number of hydrogen-bond acceptors (Lipinski definition) is 8. The average molecular weight is 493 g/mol. The van der Waals surface area contributed by atoms with Gasteiger partial charge in [-0.2, -0.15) is 0 Å². The summed E-state index contributed by atoms with van der Waals surface area (Å²) in [6, 6.07) is 11.4. The number of carbonyl (C=O) groups is 3. The summed E-state index contributed by atoms with van der Waals surface area (Å²) in [5.41, 5.74) is 3.08. The first kappa shape index (κ1) is 24.2. The minimum atomic E-state index is -0.936. The van der Waals surface area contributed by atoms with Crippen molar-refractivity contribution in [2.75, 3.05) is 19.1 Å². The zero-order valence-corrected chi connectivity index (χ0v) is 20.7. The number of Topliss-reactive ketones (excluding diaryl/α,β-unsaturated/α-hetero) is 1. The molecule has 1 unspecified atom stereocenters. The summed E-state index contributed by atoms with van der Waals surface area (Å²) in [6.45, 7) is 5.37. The van der Waals surface area contributed by atoms with Crippen LogP contribution in [0.25, 0.3) is 5.76 Å². The Kier molecular flexibility index (Phi) is 6.45. The molecule has 0 radical (unpaired) electrons. The number of aromatic nitrogens is 1. The third kappa shape index (κ3) is 4.19. The van der Waals surface area contributed by atoms with Crippen LogP contribution in [0.15, 0.2) is 48.0 Å². The van der Waals surface area contributed by atoms with Crippen molar-refractivity contribution >= 4 is 39.9 Å². The summed E-state index contributed by atoms with van der Waals surface area (Å²) in [5.74, 6) is -1.93. The van der Waals surface area contributed by atoms with Gasteiger partial charge in [-0.15, -0.1) is 0 Å². The van der Waals surface area contributed by atoms with Crippen LogP contribution in [0.1, 0.15) is 43.7 Å². The second-order valence-corrected chi connectivity index (χ2v) is 9.14. The molecule has 0 bridgehead atoms. The Labute approximate surface area is 206 Å². The second kappa shape index (κ2) is 9.34. The van der Waals surface area contributed by atoms with Crippen molar-refractivity contribution in [2.45, 2.75) is 26.8 Å². The van der Waals surface area contributed by atoms with Gasteiger partial charge in [0.1, 0.15) is 16.4 Å². The molecule has 4 rings (SSSR count). The Morgan fingerprint density at radius 2 is 1.74 bits per heavy atom. The van der Waals surface area contributed by atoms with Crippen molar-refractivity contribution in [3.8, 4) is 5.75 Å². The maximum Gasteiger partial charge on any atom is 0.350 e. The van der Waals surface area contributed by atoms with E-state index < -0.39 is 23.7 Å². The van der Waals surface area contributed by atoms with E-state index in [1.54, 1.807) is 44.4 Å². The van der Waals surface area contributed by atoms with Gasteiger partial charge < -0.3 is 14.6 Å². The number of thiazole rings is 1. The maximum absolute atomic E-state index is 13.3. The number of ether oxygens (including phenoxy) is 2. The molecule has 1 fully saturated rings. The number of carbonyl (C=O) groups excluding carboxylic acids is 3. The van der Waals surface area contributed by atoms with E-state index in [9.17, 15) is 19.5 Å². The number of rotatable bonds is 5. The van der Waals surface area contributed by atoms with Crippen molar-refractivity contribution in [2.24, 2.45) is 0 Å². The fourth-order valence-electron chi connectivity index (χ4n) is 4.04. The van der Waals surface area contributed by atoms with Crippen molar-refractivity contribution in [3.63, 3.8) is 0 Å². The van der Waals surface area contributed by atoms with Crippen LogP contribution in [-0.2, 0) is 14.3 Å². The lowest BCUT2D eigenvalue weighted by Crippen LogP contribution is -2.29. The summed E-state index contributed by atoms with van der Waals surface area (Å²) in [6.07, 6.45) is 0. The van der Waals surface area contributed by atoms with E-state index in [4.69, 9.17) is 9.47 Å². The highest BCUT2D eigenvalue weighted by Crippen LogP contribution is 2.44. The Morgan fingerprint density at radius 3 is 2.34 bits per heavy atom. The molecular formula is C26H24N2O6S. The minimum absolute atomic E-state index is 0.0594. The number of methoxy groups -OCH3 is 2. The number of amides is 1. The van der Waals surface area contributed by atoms with Gasteiger partial charge in [0.25, 0.3) is 5.78 Å². The number of hydrogen-bond donors (Lipinski definition) is 1. The van der Waals surface area contributed by atoms with E-state index in [-0.39, 0.29) is 21.3 Å². The summed E-state index contributed by atoms with van der Waals surface area (Å²) in [5, 5.41) is 11.4. The summed E-state index contributed by atoms with van der Waals surface area (Å²) in [4.78, 5) is 44.6. The van der Waals surface area contributed by atoms with Crippen LogP contribution in [0, 0.1) is 20.8 Å². The molecule has 2 aromatic carbocycles. The normalized spacial score (nSPS) is 17.1. The van der Waals surface area contributed by atoms with E-state index in [0.29, 0.717) is 22.6 Å². The monoisotopic (exact) mass is 492 g/mol. The first-order chi connectivity index (χ1) is 16.7. The quantitative estimate of drug-likeness (QED) is 0.242. The molecule has 8 nitrogen and oxygen atoms in total. The van der Waals surface area contributed by atoms with Crippen LogP contribution in [0.2, 0.25) is 0 Å². The molecule has 1 aromatic heterocycles. The number of esters is 1. The highest BCUT2D eigenvalue weighted by Gasteiger charge is 2.48. The molecule has 0 spiro atoms. The third-order valence-electron chi connectivity index (χ3n) is 5.87. The van der Waals surface area contributed by atoms with Crippen LogP contribution in [-0.4, -0.2) is 42.0 Å². The Morgan fingerprint density at radius 1 is 1.06 bits per heavy atom. The largest absolute Gasteiger partial charge is 0.507 e. The molecule has 180 valence electrons. The highest BCUT2D eigenvalue weighted by atomic mass is 32.1. The molecule has 0 aliphatic carbocycles. The number of nitrogens with zero attached hydrogens (tertiary/aromatic N) is 2. The number of benzene rings is 2. The van der Waals surface area contributed by atoms with Gasteiger partial charge in [0, 0.05) is 5.56 Å². The van der Waals surface area contributed by atoms with Gasteiger partial charge in [0.2, 0.25) is 0 Å². The van der Waals surface area contributed by atoms with Gasteiger partial charge in [0.15, 0.2) is 5.13 Å². The van der Waals surface area contributed by atoms with E-state index >= 15 is 0 Å². The number of aliphatic hydroxyl groups excluding tert-OH is 1. The van der Waals surface area contributed by atoms with Crippen molar-refractivity contribution < 1.29 is 29.0 Å². The smallest absolute Gasteiger partial charge is 0.350 e. The highest BCUT2D eigenvalue weighted by molar-refractivity contribution is 7.17. The van der Waals surface area contributed by atoms with E-state index in [2.05, 4.69) is 4.98 Å². The van der Waals surface area contributed by atoms with Crippen molar-refractivity contribution in [1.29, 1.82) is 0 Å². The molecule has 1 atom stereocenters. The van der Waals surface area contributed by atoms with Crippen LogP contribution < -0.4 is 9.64 Å². The number of anilines is 1. The fourth-order valence-corrected chi connectivity index (χ4v) is 5.05. The molecule has 1 aliphatic heterocycles. The molecule has 1 saturated heterocycles. The Balaban J connectivity index is 1.93. The molecular weight excluding hydrogens is 468 g/mol. The van der Waals surface area contributed by atoms with Gasteiger partial charge in [-0.25, -0.2) is 9.78 Å². The van der Waals surface area contributed by atoms with Crippen molar-refractivity contribution in [1.82, 2.24) is 4.98 Å². The lowest BCUT2D eigenvalue weighted by molar-refractivity contribution is -0.132. The first-order valence-corrected chi connectivity index (χ1v) is 11.6. The topological polar surface area (TPSA) is 106 Å². The summed E-state index contributed by atoms with van der Waals surface area (Å²) < 4.78 is 10.1. The van der Waals surface area contributed by atoms with Gasteiger partial charge in [0.05, 0.1) is 31.5 Å². The third-order valence-corrected chi connectivity index (χ3v) is 7.00. The molecule has 1 amide bonds. The van der Waals surface area contributed by atoms with E-state index in [1.807, 2.05) is 26.0 Å². The maximum atomic E-state index is 13.3. The van der Waals surface area contributed by atoms with Crippen LogP contribution in [0.4, 0.5) is 5.13 Å². The first-order valence-electron chi connectivity index (χ1n) is 10.8. The summed E-state index contributed by atoms with van der Waals surface area (Å²) >= 11 is 0.960. The standard InChI is InChI=1S/C26H24N2O6S/c1-13-6-8-16(9-7-13)20-19(21(29)17-10-11-18(33-4)14(2)12-17)22(30)24(31)28(20)26-27-15(3)23(35-26)25(32)34-5/h6-12,20,29H,1-5H3/b21-19+. The van der Waals surface area contributed by atoms with Gasteiger partial charge in [-0.3, -0.25) is 14.5 Å². The van der Waals surface area contributed by atoms with Crippen LogP contribution in [0.3, 0.4) is 0 Å². The number of aliphatic hydroxyl groups is 1. The Hall–Kier alpha value is -3.98.